The van der Waals surface area contributed by atoms with Crippen molar-refractivity contribution in [3.05, 3.63) is 55.0 Å². The Morgan fingerprint density at radius 2 is 1.82 bits per heavy atom. The normalized spacial score (nSPS) is 14.4. The summed E-state index contributed by atoms with van der Waals surface area (Å²) in [5, 5.41) is 12.4. The van der Waals surface area contributed by atoms with E-state index in [1.807, 2.05) is 0 Å². The first kappa shape index (κ1) is 21.7. The summed E-state index contributed by atoms with van der Waals surface area (Å²) in [6.07, 6.45) is 0. The van der Waals surface area contributed by atoms with Crippen LogP contribution >= 0.6 is 23.2 Å². The first-order valence-corrected chi connectivity index (χ1v) is 11.0. The van der Waals surface area contributed by atoms with E-state index in [0.29, 0.717) is 45.8 Å². The van der Waals surface area contributed by atoms with Crippen molar-refractivity contribution in [2.24, 2.45) is 14.1 Å². The van der Waals surface area contributed by atoms with Crippen molar-refractivity contribution in [3.63, 3.8) is 0 Å². The molecule has 33 heavy (non-hydrogen) atoms. The molecule has 4 aromatic rings. The van der Waals surface area contributed by atoms with Gasteiger partial charge >= 0.3 is 5.69 Å². The van der Waals surface area contributed by atoms with Gasteiger partial charge in [0, 0.05) is 45.8 Å². The molecule has 0 spiro atoms. The number of benzene rings is 1. The van der Waals surface area contributed by atoms with Crippen molar-refractivity contribution in [2.45, 2.75) is 6.54 Å². The standard InChI is InChI=1S/C20H20Cl2N8O3/c1-27-16-15(18(31)28(2)20(27)32)30(19(24-16)29-7-5-23-6-8-29)10-14-25-26-17(33-14)11-3-4-12(21)13(22)9-11/h3-4,9,23H,5-8,10H2,1-2H3. The van der Waals surface area contributed by atoms with Gasteiger partial charge in [0.1, 0.15) is 6.54 Å². The minimum atomic E-state index is -0.441. The molecule has 0 atom stereocenters. The number of nitrogens with zero attached hydrogens (tertiary/aromatic N) is 7. The van der Waals surface area contributed by atoms with Crippen molar-refractivity contribution >= 4 is 40.3 Å². The van der Waals surface area contributed by atoms with Crippen molar-refractivity contribution in [1.82, 2.24) is 34.2 Å². The molecule has 0 bridgehead atoms. The molecular formula is C20H20Cl2N8O3. The summed E-state index contributed by atoms with van der Waals surface area (Å²) in [5.74, 6) is 1.12. The Hall–Kier alpha value is -3.15. The zero-order chi connectivity index (χ0) is 23.3. The Morgan fingerprint density at radius 3 is 2.55 bits per heavy atom. The Morgan fingerprint density at radius 1 is 1.06 bits per heavy atom. The molecule has 1 aliphatic heterocycles. The van der Waals surface area contributed by atoms with E-state index < -0.39 is 11.2 Å². The third-order valence-corrected chi connectivity index (χ3v) is 6.39. The summed E-state index contributed by atoms with van der Waals surface area (Å²) in [4.78, 5) is 32.3. The summed E-state index contributed by atoms with van der Waals surface area (Å²) in [6.45, 7) is 3.08. The fourth-order valence-electron chi connectivity index (χ4n) is 3.89. The van der Waals surface area contributed by atoms with Crippen LogP contribution in [0, 0.1) is 0 Å². The lowest BCUT2D eigenvalue weighted by atomic mass is 10.2. The van der Waals surface area contributed by atoms with Gasteiger partial charge in [-0.2, -0.15) is 4.98 Å². The maximum atomic E-state index is 13.1. The molecule has 0 unspecified atom stereocenters. The van der Waals surface area contributed by atoms with Crippen LogP contribution in [0.5, 0.6) is 0 Å². The molecule has 3 aromatic heterocycles. The highest BCUT2D eigenvalue weighted by atomic mass is 35.5. The molecule has 1 aliphatic rings. The number of imidazole rings is 1. The molecule has 1 saturated heterocycles. The summed E-state index contributed by atoms with van der Waals surface area (Å²) in [5.41, 5.74) is 0.345. The van der Waals surface area contributed by atoms with Crippen molar-refractivity contribution in [1.29, 1.82) is 0 Å². The minimum Gasteiger partial charge on any atom is -0.419 e. The van der Waals surface area contributed by atoms with Gasteiger partial charge in [-0.05, 0) is 18.2 Å². The second-order valence-electron chi connectivity index (χ2n) is 7.74. The first-order valence-electron chi connectivity index (χ1n) is 10.2. The van der Waals surface area contributed by atoms with Crippen LogP contribution < -0.4 is 21.5 Å². The number of anilines is 1. The summed E-state index contributed by atoms with van der Waals surface area (Å²) in [6, 6.07) is 5.03. The highest BCUT2D eigenvalue weighted by molar-refractivity contribution is 6.42. The molecule has 1 fully saturated rings. The van der Waals surface area contributed by atoms with E-state index in [-0.39, 0.29) is 18.3 Å². The number of fused-ring (bicyclic) bond motifs is 1. The fourth-order valence-corrected chi connectivity index (χ4v) is 4.19. The van der Waals surface area contributed by atoms with Crippen LogP contribution in [0.4, 0.5) is 5.95 Å². The number of hydrogen-bond acceptors (Lipinski definition) is 8. The van der Waals surface area contributed by atoms with Crippen LogP contribution in [-0.2, 0) is 20.6 Å². The molecule has 172 valence electrons. The van der Waals surface area contributed by atoms with Gasteiger partial charge in [0.2, 0.25) is 17.7 Å². The van der Waals surface area contributed by atoms with Gasteiger partial charge in [-0.25, -0.2) is 4.79 Å². The lowest BCUT2D eigenvalue weighted by molar-refractivity contribution is 0.487. The third-order valence-electron chi connectivity index (χ3n) is 5.65. The second kappa shape index (κ2) is 8.32. The van der Waals surface area contributed by atoms with E-state index in [1.165, 1.54) is 11.6 Å². The average molecular weight is 491 g/mol. The van der Waals surface area contributed by atoms with Crippen molar-refractivity contribution < 1.29 is 4.42 Å². The summed E-state index contributed by atoms with van der Waals surface area (Å²) >= 11 is 12.1. The zero-order valence-corrected chi connectivity index (χ0v) is 19.4. The maximum absolute atomic E-state index is 13.1. The van der Waals surface area contributed by atoms with Gasteiger partial charge in [-0.3, -0.25) is 18.5 Å². The quantitative estimate of drug-likeness (QED) is 0.454. The number of aryl methyl sites for hydroxylation is 1. The van der Waals surface area contributed by atoms with E-state index in [2.05, 4.69) is 25.4 Å². The van der Waals surface area contributed by atoms with Crippen LogP contribution in [-0.4, -0.2) is 55.1 Å². The second-order valence-corrected chi connectivity index (χ2v) is 8.56. The number of piperazine rings is 1. The molecule has 0 aliphatic carbocycles. The minimum absolute atomic E-state index is 0.109. The van der Waals surface area contributed by atoms with E-state index in [9.17, 15) is 9.59 Å². The Labute approximate surface area is 197 Å². The monoisotopic (exact) mass is 490 g/mol. The Balaban J connectivity index is 1.62. The molecule has 4 heterocycles. The highest BCUT2D eigenvalue weighted by Crippen LogP contribution is 2.28. The first-order chi connectivity index (χ1) is 15.8. The van der Waals surface area contributed by atoms with Gasteiger partial charge in [0.15, 0.2) is 11.2 Å². The summed E-state index contributed by atoms with van der Waals surface area (Å²) < 4.78 is 10.0. The zero-order valence-electron chi connectivity index (χ0n) is 17.9. The van der Waals surface area contributed by atoms with Gasteiger partial charge in [-0.1, -0.05) is 23.2 Å². The molecule has 11 nitrogen and oxygen atoms in total. The van der Waals surface area contributed by atoms with E-state index in [4.69, 9.17) is 27.6 Å². The molecular weight excluding hydrogens is 471 g/mol. The number of nitrogens with one attached hydrogen (secondary N) is 1. The lowest BCUT2D eigenvalue weighted by Gasteiger charge is -2.28. The van der Waals surface area contributed by atoms with Crippen LogP contribution in [0.2, 0.25) is 10.0 Å². The molecule has 13 heteroatoms. The number of hydrogen-bond donors (Lipinski definition) is 1. The highest BCUT2D eigenvalue weighted by Gasteiger charge is 2.25. The van der Waals surface area contributed by atoms with E-state index in [0.717, 1.165) is 17.7 Å². The number of aromatic nitrogens is 6. The molecule has 5 rings (SSSR count). The smallest absolute Gasteiger partial charge is 0.332 e. The molecule has 0 amide bonds. The van der Waals surface area contributed by atoms with Crippen molar-refractivity contribution in [3.8, 4) is 11.5 Å². The predicted molar refractivity (Wildman–Crippen MR) is 124 cm³/mol. The maximum Gasteiger partial charge on any atom is 0.332 e. The topological polar surface area (TPSA) is 116 Å². The van der Waals surface area contributed by atoms with Crippen LogP contribution in [0.25, 0.3) is 22.6 Å². The summed E-state index contributed by atoms with van der Waals surface area (Å²) in [7, 11) is 3.04. The number of halogens is 2. The SMILES string of the molecule is Cn1c(=O)c2c(nc(N3CCNCC3)n2Cc2nnc(-c3ccc(Cl)c(Cl)c3)o2)n(C)c1=O. The van der Waals surface area contributed by atoms with Crippen LogP contribution in [0.3, 0.4) is 0 Å². The van der Waals surface area contributed by atoms with Crippen molar-refractivity contribution in [2.75, 3.05) is 31.1 Å². The molecule has 0 saturated carbocycles. The Bertz CT molecular complexity index is 1480. The van der Waals surface area contributed by atoms with Gasteiger partial charge in [-0.15, -0.1) is 10.2 Å². The van der Waals surface area contributed by atoms with Crippen LogP contribution in [0.15, 0.2) is 32.2 Å². The van der Waals surface area contributed by atoms with E-state index >= 15 is 0 Å². The molecule has 1 N–H and O–H groups in total. The fraction of sp³-hybridized carbons (Fsp3) is 0.350. The Kier molecular flexibility index (Phi) is 5.47. The lowest BCUT2D eigenvalue weighted by Crippen LogP contribution is -2.44. The van der Waals surface area contributed by atoms with Crippen LogP contribution in [0.1, 0.15) is 5.89 Å². The number of rotatable bonds is 4. The van der Waals surface area contributed by atoms with Gasteiger partial charge < -0.3 is 14.6 Å². The largest absolute Gasteiger partial charge is 0.419 e. The van der Waals surface area contributed by atoms with E-state index in [1.54, 1.807) is 29.8 Å². The molecule has 0 radical (unpaired) electrons. The van der Waals surface area contributed by atoms with Gasteiger partial charge in [0.25, 0.3) is 5.56 Å². The predicted octanol–water partition coefficient (Wildman–Crippen LogP) is 1.25. The molecule has 1 aromatic carbocycles. The van der Waals surface area contributed by atoms with Gasteiger partial charge in [0.05, 0.1) is 10.0 Å². The average Bonchev–Trinajstić information content (AvgIpc) is 3.44. The third kappa shape index (κ3) is 3.71.